The second-order valence-electron chi connectivity index (χ2n) is 4.87. The Kier molecular flexibility index (Phi) is 5.73. The summed E-state index contributed by atoms with van der Waals surface area (Å²) in [6, 6.07) is 0.455. The molecule has 0 aromatic heterocycles. The van der Waals surface area contributed by atoms with E-state index in [1.807, 2.05) is 0 Å². The Bertz CT molecular complexity index is 214. The number of nitrogens with one attached hydrogen (secondary N) is 1. The lowest BCUT2D eigenvalue weighted by atomic mass is 9.95. The highest BCUT2D eigenvalue weighted by Crippen LogP contribution is 2.23. The summed E-state index contributed by atoms with van der Waals surface area (Å²) in [6.45, 7) is 3.22. The van der Waals surface area contributed by atoms with Gasteiger partial charge in [-0.2, -0.15) is 13.2 Å². The van der Waals surface area contributed by atoms with Crippen LogP contribution < -0.4 is 5.32 Å². The van der Waals surface area contributed by atoms with Gasteiger partial charge in [0, 0.05) is 12.6 Å². The largest absolute Gasteiger partial charge is 0.414 e. The minimum atomic E-state index is -4.26. The molecule has 0 radical (unpaired) electrons. The molecule has 2 nitrogen and oxygen atoms in total. The molecule has 0 bridgehead atoms. The van der Waals surface area contributed by atoms with E-state index in [0.29, 0.717) is 12.6 Å². The van der Waals surface area contributed by atoms with Gasteiger partial charge in [-0.1, -0.05) is 19.3 Å². The molecule has 0 amide bonds. The molecular formula is C12H22F3NO. The van der Waals surface area contributed by atoms with Gasteiger partial charge in [-0.25, -0.2) is 0 Å². The third-order valence-corrected chi connectivity index (χ3v) is 3.20. The standard InChI is InChI=1S/C12H22F3NO/c1-9(17-10(2)12(13,14)15)8-16-11-6-4-3-5-7-11/h9-11,16H,3-8H2,1-2H3. The zero-order valence-electron chi connectivity index (χ0n) is 10.5. The van der Waals surface area contributed by atoms with Gasteiger partial charge < -0.3 is 10.1 Å². The molecule has 1 aliphatic carbocycles. The van der Waals surface area contributed by atoms with Crippen molar-refractivity contribution in [2.45, 2.75) is 70.4 Å². The molecule has 0 aliphatic heterocycles. The lowest BCUT2D eigenvalue weighted by Gasteiger charge is -2.26. The quantitative estimate of drug-likeness (QED) is 0.812. The number of hydrogen-bond acceptors (Lipinski definition) is 2. The number of alkyl halides is 3. The Morgan fingerprint density at radius 2 is 1.76 bits per heavy atom. The molecule has 102 valence electrons. The first-order valence-electron chi connectivity index (χ1n) is 6.35. The smallest absolute Gasteiger partial charge is 0.365 e. The van der Waals surface area contributed by atoms with E-state index < -0.39 is 18.4 Å². The maximum absolute atomic E-state index is 12.3. The van der Waals surface area contributed by atoms with Crippen LogP contribution in [0.25, 0.3) is 0 Å². The monoisotopic (exact) mass is 253 g/mol. The summed E-state index contributed by atoms with van der Waals surface area (Å²) in [6.07, 6.45) is -0.408. The summed E-state index contributed by atoms with van der Waals surface area (Å²) in [7, 11) is 0. The van der Waals surface area contributed by atoms with Crippen molar-refractivity contribution in [3.63, 3.8) is 0 Å². The van der Waals surface area contributed by atoms with E-state index in [9.17, 15) is 13.2 Å². The van der Waals surface area contributed by atoms with Crippen LogP contribution in [-0.2, 0) is 4.74 Å². The van der Waals surface area contributed by atoms with Crippen molar-refractivity contribution in [2.24, 2.45) is 0 Å². The van der Waals surface area contributed by atoms with Gasteiger partial charge in [0.25, 0.3) is 0 Å². The van der Waals surface area contributed by atoms with Crippen molar-refractivity contribution >= 4 is 0 Å². The predicted octanol–water partition coefficient (Wildman–Crippen LogP) is 3.26. The van der Waals surface area contributed by atoms with E-state index in [1.165, 1.54) is 19.3 Å². The van der Waals surface area contributed by atoms with Crippen LogP contribution in [-0.4, -0.2) is 31.0 Å². The molecule has 1 aliphatic rings. The molecule has 0 heterocycles. The van der Waals surface area contributed by atoms with Gasteiger partial charge >= 0.3 is 6.18 Å². The highest BCUT2D eigenvalue weighted by molar-refractivity contribution is 4.73. The summed E-state index contributed by atoms with van der Waals surface area (Å²) in [5.41, 5.74) is 0. The Balaban J connectivity index is 2.18. The van der Waals surface area contributed by atoms with Gasteiger partial charge in [-0.05, 0) is 26.7 Å². The number of hydrogen-bond donors (Lipinski definition) is 1. The van der Waals surface area contributed by atoms with Crippen LogP contribution in [0.2, 0.25) is 0 Å². The molecule has 5 heteroatoms. The first-order valence-corrected chi connectivity index (χ1v) is 6.35. The topological polar surface area (TPSA) is 21.3 Å². The van der Waals surface area contributed by atoms with Crippen LogP contribution in [0.1, 0.15) is 46.0 Å². The molecule has 1 N–H and O–H groups in total. The molecule has 0 aromatic carbocycles. The highest BCUT2D eigenvalue weighted by Gasteiger charge is 2.37. The van der Waals surface area contributed by atoms with Gasteiger partial charge in [0.05, 0.1) is 6.10 Å². The summed E-state index contributed by atoms with van der Waals surface area (Å²) in [5.74, 6) is 0. The highest BCUT2D eigenvalue weighted by atomic mass is 19.4. The summed E-state index contributed by atoms with van der Waals surface area (Å²) in [4.78, 5) is 0. The lowest BCUT2D eigenvalue weighted by Crippen LogP contribution is -2.40. The fourth-order valence-electron chi connectivity index (χ4n) is 2.11. The van der Waals surface area contributed by atoms with E-state index in [0.717, 1.165) is 19.8 Å². The van der Waals surface area contributed by atoms with E-state index in [-0.39, 0.29) is 0 Å². The van der Waals surface area contributed by atoms with Crippen LogP contribution in [0.5, 0.6) is 0 Å². The lowest BCUT2D eigenvalue weighted by molar-refractivity contribution is -0.224. The summed E-state index contributed by atoms with van der Waals surface area (Å²) < 4.78 is 41.7. The van der Waals surface area contributed by atoms with Crippen LogP contribution in [0.3, 0.4) is 0 Å². The summed E-state index contributed by atoms with van der Waals surface area (Å²) in [5, 5.41) is 3.29. The molecule has 0 saturated heterocycles. The van der Waals surface area contributed by atoms with E-state index in [1.54, 1.807) is 6.92 Å². The SMILES string of the molecule is CC(CNC1CCCCC1)OC(C)C(F)(F)F. The third-order valence-electron chi connectivity index (χ3n) is 3.20. The normalized spacial score (nSPS) is 22.4. The molecule has 0 spiro atoms. The van der Waals surface area contributed by atoms with Crippen molar-refractivity contribution in [3.8, 4) is 0 Å². The Labute approximate surface area is 101 Å². The number of halogens is 3. The molecule has 2 unspecified atom stereocenters. The summed E-state index contributed by atoms with van der Waals surface area (Å²) >= 11 is 0. The Morgan fingerprint density at radius 1 is 1.18 bits per heavy atom. The first-order chi connectivity index (χ1) is 7.89. The zero-order chi connectivity index (χ0) is 12.9. The molecule has 1 rings (SSSR count). The molecular weight excluding hydrogens is 231 g/mol. The number of rotatable bonds is 5. The van der Waals surface area contributed by atoms with Crippen molar-refractivity contribution in [1.82, 2.24) is 5.32 Å². The fraction of sp³-hybridized carbons (Fsp3) is 1.00. The average Bonchev–Trinajstić information content (AvgIpc) is 2.26. The fourth-order valence-corrected chi connectivity index (χ4v) is 2.11. The van der Waals surface area contributed by atoms with Crippen LogP contribution in [0, 0.1) is 0 Å². The Morgan fingerprint density at radius 3 is 2.29 bits per heavy atom. The van der Waals surface area contributed by atoms with Gasteiger partial charge in [-0.15, -0.1) is 0 Å². The average molecular weight is 253 g/mol. The number of ether oxygens (including phenoxy) is 1. The van der Waals surface area contributed by atoms with Crippen molar-refractivity contribution in [3.05, 3.63) is 0 Å². The third kappa shape index (κ3) is 5.73. The van der Waals surface area contributed by atoms with Crippen molar-refractivity contribution in [1.29, 1.82) is 0 Å². The maximum Gasteiger partial charge on any atom is 0.414 e. The van der Waals surface area contributed by atoms with Crippen molar-refractivity contribution < 1.29 is 17.9 Å². The molecule has 2 atom stereocenters. The predicted molar refractivity (Wildman–Crippen MR) is 60.9 cm³/mol. The molecule has 17 heavy (non-hydrogen) atoms. The van der Waals surface area contributed by atoms with E-state index in [4.69, 9.17) is 4.74 Å². The van der Waals surface area contributed by atoms with Crippen LogP contribution in [0.15, 0.2) is 0 Å². The van der Waals surface area contributed by atoms with Gasteiger partial charge in [0.1, 0.15) is 0 Å². The van der Waals surface area contributed by atoms with E-state index in [2.05, 4.69) is 5.32 Å². The first kappa shape index (κ1) is 14.8. The second kappa shape index (κ2) is 6.59. The van der Waals surface area contributed by atoms with E-state index >= 15 is 0 Å². The molecule has 1 fully saturated rings. The molecule has 0 aromatic rings. The minimum Gasteiger partial charge on any atom is -0.365 e. The van der Waals surface area contributed by atoms with Gasteiger partial charge in [0.15, 0.2) is 6.10 Å². The maximum atomic E-state index is 12.3. The van der Waals surface area contributed by atoms with Crippen LogP contribution >= 0.6 is 0 Å². The van der Waals surface area contributed by atoms with Gasteiger partial charge in [-0.3, -0.25) is 0 Å². The zero-order valence-corrected chi connectivity index (χ0v) is 10.5. The van der Waals surface area contributed by atoms with Crippen LogP contribution in [0.4, 0.5) is 13.2 Å². The molecule has 1 saturated carbocycles. The van der Waals surface area contributed by atoms with Gasteiger partial charge in [0.2, 0.25) is 0 Å². The minimum absolute atomic E-state index is 0.409. The van der Waals surface area contributed by atoms with Crippen molar-refractivity contribution in [2.75, 3.05) is 6.54 Å². The Hall–Kier alpha value is -0.290. The second-order valence-corrected chi connectivity index (χ2v) is 4.87.